The first kappa shape index (κ1) is 16.7. The van der Waals surface area contributed by atoms with Crippen LogP contribution >= 0.6 is 0 Å². The molecule has 1 aromatic heterocycles. The number of benzene rings is 2. The molecule has 6 nitrogen and oxygen atoms in total. The number of nitrogens with zero attached hydrogens (tertiary/aromatic N) is 2. The van der Waals surface area contributed by atoms with Crippen LogP contribution in [0.25, 0.3) is 11.5 Å². The molecule has 1 heterocycles. The average Bonchev–Trinajstić information content (AvgIpc) is 3.13. The van der Waals surface area contributed by atoms with Gasteiger partial charge < -0.3 is 13.9 Å². The van der Waals surface area contributed by atoms with Crippen LogP contribution in [-0.2, 0) is 4.74 Å². The molecule has 0 spiro atoms. The van der Waals surface area contributed by atoms with E-state index in [1.165, 1.54) is 0 Å². The van der Waals surface area contributed by atoms with Gasteiger partial charge in [0, 0.05) is 5.56 Å². The molecule has 2 aromatic carbocycles. The molecule has 3 rings (SSSR count). The van der Waals surface area contributed by atoms with Gasteiger partial charge in [-0.3, -0.25) is 0 Å². The van der Waals surface area contributed by atoms with Gasteiger partial charge in [0.25, 0.3) is 5.89 Å². The van der Waals surface area contributed by atoms with Crippen molar-refractivity contribution in [3.63, 3.8) is 0 Å². The van der Waals surface area contributed by atoms with E-state index in [0.717, 1.165) is 5.56 Å². The predicted molar refractivity (Wildman–Crippen MR) is 91.2 cm³/mol. The Balaban J connectivity index is 1.67. The Morgan fingerprint density at radius 3 is 2.48 bits per heavy atom. The molecule has 0 saturated heterocycles. The fourth-order valence-corrected chi connectivity index (χ4v) is 2.23. The zero-order valence-electron chi connectivity index (χ0n) is 14.0. The van der Waals surface area contributed by atoms with Gasteiger partial charge in [0.2, 0.25) is 5.89 Å². The number of carbonyl (C=O) groups is 1. The fraction of sp³-hybridized carbons (Fsp3) is 0.211. The molecule has 0 radical (unpaired) electrons. The third kappa shape index (κ3) is 4.03. The molecule has 1 atom stereocenters. The summed E-state index contributed by atoms with van der Waals surface area (Å²) < 4.78 is 16.4. The van der Waals surface area contributed by atoms with E-state index >= 15 is 0 Å². The highest BCUT2D eigenvalue weighted by atomic mass is 16.5. The van der Waals surface area contributed by atoms with E-state index in [4.69, 9.17) is 13.9 Å². The lowest BCUT2D eigenvalue weighted by atomic mass is 10.2. The van der Waals surface area contributed by atoms with E-state index in [0.29, 0.717) is 29.7 Å². The first-order valence-corrected chi connectivity index (χ1v) is 8.00. The Morgan fingerprint density at radius 1 is 1.08 bits per heavy atom. The van der Waals surface area contributed by atoms with Crippen LogP contribution in [-0.4, -0.2) is 22.8 Å². The largest absolute Gasteiger partial charge is 0.481 e. The summed E-state index contributed by atoms with van der Waals surface area (Å²) in [5.41, 5.74) is 1.33. The molecule has 6 heteroatoms. The van der Waals surface area contributed by atoms with E-state index in [1.807, 2.05) is 37.3 Å². The molecular weight excluding hydrogens is 320 g/mol. The van der Waals surface area contributed by atoms with Crippen molar-refractivity contribution in [1.82, 2.24) is 10.2 Å². The monoisotopic (exact) mass is 338 g/mol. The minimum atomic E-state index is -0.418. The summed E-state index contributed by atoms with van der Waals surface area (Å²) in [7, 11) is 0. The number of rotatable bonds is 6. The second kappa shape index (κ2) is 7.61. The van der Waals surface area contributed by atoms with Crippen LogP contribution in [0.5, 0.6) is 5.75 Å². The Labute approximate surface area is 145 Å². The summed E-state index contributed by atoms with van der Waals surface area (Å²) in [5.74, 6) is 1.07. The second-order valence-corrected chi connectivity index (χ2v) is 5.32. The lowest BCUT2D eigenvalue weighted by Gasteiger charge is -2.11. The van der Waals surface area contributed by atoms with Crippen molar-refractivity contribution in [3.05, 3.63) is 66.1 Å². The van der Waals surface area contributed by atoms with E-state index in [1.54, 1.807) is 31.2 Å². The summed E-state index contributed by atoms with van der Waals surface area (Å²) in [4.78, 5) is 11.6. The lowest BCUT2D eigenvalue weighted by Crippen LogP contribution is -2.06. The van der Waals surface area contributed by atoms with Crippen molar-refractivity contribution in [2.75, 3.05) is 6.61 Å². The number of hydrogen-bond acceptors (Lipinski definition) is 6. The van der Waals surface area contributed by atoms with Gasteiger partial charge in [0.1, 0.15) is 5.75 Å². The van der Waals surface area contributed by atoms with Gasteiger partial charge in [0.05, 0.1) is 12.2 Å². The SMILES string of the molecule is CCOC(=O)c1ccc(O[C@H](C)c2nnc(-c3ccccc3)o2)cc1. The van der Waals surface area contributed by atoms with Crippen LogP contribution in [0.3, 0.4) is 0 Å². The highest BCUT2D eigenvalue weighted by Crippen LogP contribution is 2.24. The standard InChI is InChI=1S/C19H18N2O4/c1-3-23-19(22)15-9-11-16(12-10-15)24-13(2)17-20-21-18(25-17)14-7-5-4-6-8-14/h4-13H,3H2,1-2H3/t13-/m1/s1. The highest BCUT2D eigenvalue weighted by Gasteiger charge is 2.17. The summed E-state index contributed by atoms with van der Waals surface area (Å²) in [6.45, 7) is 3.93. The molecule has 0 aliphatic carbocycles. The minimum absolute atomic E-state index is 0.342. The molecule has 0 amide bonds. The van der Waals surface area contributed by atoms with Crippen LogP contribution in [0.4, 0.5) is 0 Å². The number of ether oxygens (including phenoxy) is 2. The quantitative estimate of drug-likeness (QED) is 0.631. The molecule has 0 N–H and O–H groups in total. The summed E-state index contributed by atoms with van der Waals surface area (Å²) >= 11 is 0. The molecule has 0 unspecified atom stereocenters. The maximum absolute atomic E-state index is 11.6. The fourth-order valence-electron chi connectivity index (χ4n) is 2.23. The third-order valence-electron chi connectivity index (χ3n) is 3.49. The van der Waals surface area contributed by atoms with Crippen molar-refractivity contribution < 1.29 is 18.7 Å². The molecule has 0 saturated carbocycles. The first-order chi connectivity index (χ1) is 12.2. The number of carbonyl (C=O) groups excluding carboxylic acids is 1. The van der Waals surface area contributed by atoms with E-state index < -0.39 is 6.10 Å². The van der Waals surface area contributed by atoms with Gasteiger partial charge in [-0.1, -0.05) is 18.2 Å². The zero-order valence-corrected chi connectivity index (χ0v) is 14.0. The van der Waals surface area contributed by atoms with Crippen molar-refractivity contribution in [3.8, 4) is 17.2 Å². The second-order valence-electron chi connectivity index (χ2n) is 5.32. The smallest absolute Gasteiger partial charge is 0.338 e. The van der Waals surface area contributed by atoms with Gasteiger partial charge in [-0.05, 0) is 50.2 Å². The molecule has 0 aliphatic heterocycles. The van der Waals surface area contributed by atoms with Crippen molar-refractivity contribution in [1.29, 1.82) is 0 Å². The molecule has 0 fully saturated rings. The van der Waals surface area contributed by atoms with Crippen LogP contribution in [0, 0.1) is 0 Å². The molecule has 3 aromatic rings. The number of hydrogen-bond donors (Lipinski definition) is 0. The predicted octanol–water partition coefficient (Wildman–Crippen LogP) is 4.05. The minimum Gasteiger partial charge on any atom is -0.481 e. The van der Waals surface area contributed by atoms with E-state index in [-0.39, 0.29) is 5.97 Å². The van der Waals surface area contributed by atoms with Gasteiger partial charge in [-0.2, -0.15) is 0 Å². The van der Waals surface area contributed by atoms with Crippen LogP contribution < -0.4 is 4.74 Å². The molecule has 128 valence electrons. The maximum atomic E-state index is 11.6. The van der Waals surface area contributed by atoms with Crippen molar-refractivity contribution in [2.24, 2.45) is 0 Å². The highest BCUT2D eigenvalue weighted by molar-refractivity contribution is 5.89. The average molecular weight is 338 g/mol. The summed E-state index contributed by atoms with van der Waals surface area (Å²) in [6, 6.07) is 16.3. The molecule has 0 bridgehead atoms. The van der Waals surface area contributed by atoms with Crippen LogP contribution in [0.2, 0.25) is 0 Å². The van der Waals surface area contributed by atoms with Gasteiger partial charge in [-0.25, -0.2) is 4.79 Å². The first-order valence-electron chi connectivity index (χ1n) is 8.00. The maximum Gasteiger partial charge on any atom is 0.338 e. The van der Waals surface area contributed by atoms with Crippen LogP contribution in [0.15, 0.2) is 59.0 Å². The number of aromatic nitrogens is 2. The zero-order chi connectivity index (χ0) is 17.6. The lowest BCUT2D eigenvalue weighted by molar-refractivity contribution is 0.0526. The Kier molecular flexibility index (Phi) is 5.09. The van der Waals surface area contributed by atoms with Gasteiger partial charge in [-0.15, -0.1) is 10.2 Å². The Morgan fingerprint density at radius 2 is 1.80 bits per heavy atom. The third-order valence-corrected chi connectivity index (χ3v) is 3.49. The van der Waals surface area contributed by atoms with Crippen molar-refractivity contribution in [2.45, 2.75) is 20.0 Å². The normalized spacial score (nSPS) is 11.8. The van der Waals surface area contributed by atoms with Crippen molar-refractivity contribution >= 4 is 5.97 Å². The molecule has 0 aliphatic rings. The Bertz CT molecular complexity index is 828. The van der Waals surface area contributed by atoms with Crippen LogP contribution in [0.1, 0.15) is 36.2 Å². The van der Waals surface area contributed by atoms with Gasteiger partial charge >= 0.3 is 5.97 Å². The molecule has 25 heavy (non-hydrogen) atoms. The summed E-state index contributed by atoms with van der Waals surface area (Å²) in [5, 5.41) is 8.09. The summed E-state index contributed by atoms with van der Waals surface area (Å²) in [6.07, 6.45) is -0.418. The van der Waals surface area contributed by atoms with Gasteiger partial charge in [0.15, 0.2) is 6.10 Å². The van der Waals surface area contributed by atoms with E-state index in [2.05, 4.69) is 10.2 Å². The number of esters is 1. The topological polar surface area (TPSA) is 74.5 Å². The Hall–Kier alpha value is -3.15. The molecular formula is C19H18N2O4. The van der Waals surface area contributed by atoms with E-state index in [9.17, 15) is 4.79 Å².